The smallest absolute Gasteiger partial charge is 0.283 e. The molecule has 3 heterocycles. The lowest BCUT2D eigenvalue weighted by Gasteiger charge is -2.30. The van der Waals surface area contributed by atoms with Crippen molar-refractivity contribution in [1.29, 1.82) is 0 Å². The summed E-state index contributed by atoms with van der Waals surface area (Å²) in [5.41, 5.74) is 3.46. The molecule has 1 amide bonds. The second kappa shape index (κ2) is 7.27. The Balaban J connectivity index is 1.71. The highest BCUT2D eigenvalue weighted by molar-refractivity contribution is 7.92. The number of fused-ring (bicyclic) bond motifs is 1. The number of carbonyl (C=O) groups excluding carboxylic acids is 1. The summed E-state index contributed by atoms with van der Waals surface area (Å²) < 4.78 is 29.1. The Morgan fingerprint density at radius 2 is 2.07 bits per heavy atom. The minimum atomic E-state index is -3.71. The molecule has 0 bridgehead atoms. The molecule has 4 rings (SSSR count). The zero-order valence-corrected chi connectivity index (χ0v) is 18.0. The monoisotopic (exact) mass is 431 g/mol. The Morgan fingerprint density at radius 1 is 1.28 bits per heavy atom. The van der Waals surface area contributed by atoms with Gasteiger partial charge in [-0.3, -0.25) is 13.8 Å². The van der Waals surface area contributed by atoms with E-state index in [2.05, 4.69) is 15.4 Å². The zero-order valence-electron chi connectivity index (χ0n) is 16.3. The number of thiazole rings is 1. The summed E-state index contributed by atoms with van der Waals surface area (Å²) in [5.74, 6) is -0.161. The number of amides is 1. The summed E-state index contributed by atoms with van der Waals surface area (Å²) in [6, 6.07) is 7.29. The lowest BCUT2D eigenvalue weighted by Crippen LogP contribution is -2.35. The number of nitrogens with zero attached hydrogens (tertiary/aromatic N) is 4. The molecule has 0 aliphatic carbocycles. The van der Waals surface area contributed by atoms with Crippen LogP contribution in [0.5, 0.6) is 0 Å². The minimum absolute atomic E-state index is 0.0511. The molecular formula is C19H21N5O3S2. The first kappa shape index (κ1) is 19.6. The zero-order chi connectivity index (χ0) is 20.8. The molecule has 1 aromatic carbocycles. The van der Waals surface area contributed by atoms with E-state index in [1.54, 1.807) is 13.2 Å². The Labute approximate surface area is 173 Å². The maximum Gasteiger partial charge on any atom is 0.283 e. The molecule has 0 fully saturated rings. The van der Waals surface area contributed by atoms with Gasteiger partial charge >= 0.3 is 0 Å². The first-order chi connectivity index (χ1) is 13.8. The molecule has 0 unspecified atom stereocenters. The largest absolute Gasteiger partial charge is 0.302 e. The van der Waals surface area contributed by atoms with Gasteiger partial charge in [-0.15, -0.1) is 0 Å². The van der Waals surface area contributed by atoms with Crippen molar-refractivity contribution in [3.8, 4) is 10.4 Å². The van der Waals surface area contributed by atoms with Crippen molar-refractivity contribution in [2.24, 2.45) is 7.05 Å². The highest BCUT2D eigenvalue weighted by Crippen LogP contribution is 2.38. The van der Waals surface area contributed by atoms with Crippen molar-refractivity contribution in [3.05, 3.63) is 41.7 Å². The van der Waals surface area contributed by atoms with Gasteiger partial charge in [-0.25, -0.2) is 4.98 Å². The third-order valence-corrected chi connectivity index (χ3v) is 7.57. The van der Waals surface area contributed by atoms with Gasteiger partial charge in [0.1, 0.15) is 0 Å². The van der Waals surface area contributed by atoms with Crippen LogP contribution >= 0.6 is 11.3 Å². The second-order valence-corrected chi connectivity index (χ2v) is 9.77. The molecule has 1 aliphatic heterocycles. The number of hydrogen-bond donors (Lipinski definition) is 1. The van der Waals surface area contributed by atoms with E-state index in [9.17, 15) is 13.2 Å². The van der Waals surface area contributed by atoms with E-state index in [-0.39, 0.29) is 10.9 Å². The normalized spacial score (nSPS) is 14.0. The van der Waals surface area contributed by atoms with Crippen LogP contribution in [0.1, 0.15) is 24.6 Å². The van der Waals surface area contributed by atoms with Crippen molar-refractivity contribution < 1.29 is 13.2 Å². The van der Waals surface area contributed by atoms with Gasteiger partial charge in [-0.05, 0) is 49.1 Å². The molecule has 0 saturated carbocycles. The minimum Gasteiger partial charge on any atom is -0.302 e. The Bertz CT molecular complexity index is 1200. The van der Waals surface area contributed by atoms with Gasteiger partial charge in [0.15, 0.2) is 10.2 Å². The number of benzene rings is 1. The van der Waals surface area contributed by atoms with Gasteiger partial charge in [0, 0.05) is 26.7 Å². The predicted octanol–water partition coefficient (Wildman–Crippen LogP) is 2.95. The number of sulfonamides is 1. The van der Waals surface area contributed by atoms with Crippen molar-refractivity contribution in [2.45, 2.75) is 31.7 Å². The topological polar surface area (TPSA) is 97.2 Å². The van der Waals surface area contributed by atoms with E-state index in [1.165, 1.54) is 33.3 Å². The van der Waals surface area contributed by atoms with Crippen LogP contribution < -0.4 is 9.62 Å². The standard InChI is InChI=1S/C19H21N5O3S2/c1-12-18(28-19(20-12)21-13(2)25)15-6-7-16-14(11-15)5-4-9-24(16)29(26,27)17-8-10-23(3)22-17/h6-8,10-11H,4-5,9H2,1-3H3,(H,20,21,25). The molecule has 152 valence electrons. The van der Waals surface area contributed by atoms with Crippen LogP contribution in [0.4, 0.5) is 10.8 Å². The van der Waals surface area contributed by atoms with E-state index in [1.807, 2.05) is 25.1 Å². The number of anilines is 2. The quantitative estimate of drug-likeness (QED) is 0.685. The number of carbonyl (C=O) groups is 1. The van der Waals surface area contributed by atoms with Gasteiger partial charge in [0.25, 0.3) is 10.0 Å². The first-order valence-corrected chi connectivity index (χ1v) is 11.4. The summed E-state index contributed by atoms with van der Waals surface area (Å²) in [6.07, 6.45) is 3.16. The molecule has 10 heteroatoms. The molecule has 29 heavy (non-hydrogen) atoms. The van der Waals surface area contributed by atoms with Gasteiger partial charge in [0.05, 0.1) is 16.3 Å². The van der Waals surface area contributed by atoms with Crippen molar-refractivity contribution in [1.82, 2.24) is 14.8 Å². The van der Waals surface area contributed by atoms with Crippen LogP contribution in [0.15, 0.2) is 35.5 Å². The Kier molecular flexibility index (Phi) is 4.91. The number of rotatable bonds is 4. The lowest BCUT2D eigenvalue weighted by atomic mass is 10.00. The van der Waals surface area contributed by atoms with Crippen LogP contribution in [-0.4, -0.2) is 35.6 Å². The van der Waals surface area contributed by atoms with Gasteiger partial charge in [-0.2, -0.15) is 13.5 Å². The van der Waals surface area contributed by atoms with E-state index in [4.69, 9.17) is 0 Å². The van der Waals surface area contributed by atoms with E-state index >= 15 is 0 Å². The Hall–Kier alpha value is -2.72. The fourth-order valence-corrected chi connectivity index (χ4v) is 5.97. The third-order valence-electron chi connectivity index (χ3n) is 4.74. The molecule has 2 aromatic heterocycles. The molecule has 3 aromatic rings. The van der Waals surface area contributed by atoms with E-state index in [0.29, 0.717) is 17.4 Å². The molecule has 8 nitrogen and oxygen atoms in total. The first-order valence-electron chi connectivity index (χ1n) is 9.16. The Morgan fingerprint density at radius 3 is 2.76 bits per heavy atom. The SMILES string of the molecule is CC(=O)Nc1nc(C)c(-c2ccc3c(c2)CCCN3S(=O)(=O)c2ccn(C)n2)s1. The van der Waals surface area contributed by atoms with Gasteiger partial charge in [-0.1, -0.05) is 17.4 Å². The number of hydrogen-bond acceptors (Lipinski definition) is 6. The van der Waals surface area contributed by atoms with Crippen LogP contribution in [0.2, 0.25) is 0 Å². The second-order valence-electron chi connectivity index (χ2n) is 6.97. The predicted molar refractivity (Wildman–Crippen MR) is 113 cm³/mol. The molecule has 1 N–H and O–H groups in total. The van der Waals surface area contributed by atoms with Crippen LogP contribution in [0.3, 0.4) is 0 Å². The van der Waals surface area contributed by atoms with E-state index in [0.717, 1.165) is 34.5 Å². The lowest BCUT2D eigenvalue weighted by molar-refractivity contribution is -0.114. The number of aryl methyl sites for hydroxylation is 3. The third kappa shape index (κ3) is 3.65. The molecule has 0 radical (unpaired) electrons. The number of aromatic nitrogens is 3. The average Bonchev–Trinajstić information content (AvgIpc) is 3.26. The fourth-order valence-electron chi connectivity index (χ4n) is 3.47. The maximum atomic E-state index is 13.1. The van der Waals surface area contributed by atoms with Crippen LogP contribution in [-0.2, 0) is 28.3 Å². The average molecular weight is 432 g/mol. The molecule has 1 aliphatic rings. The van der Waals surface area contributed by atoms with Crippen LogP contribution in [0.25, 0.3) is 10.4 Å². The highest BCUT2D eigenvalue weighted by Gasteiger charge is 2.31. The van der Waals surface area contributed by atoms with Crippen LogP contribution in [0, 0.1) is 6.92 Å². The summed E-state index contributed by atoms with van der Waals surface area (Å²) in [6.45, 7) is 3.78. The van der Waals surface area contributed by atoms with Crippen molar-refractivity contribution >= 4 is 38.1 Å². The fraction of sp³-hybridized carbons (Fsp3) is 0.316. The number of nitrogens with one attached hydrogen (secondary N) is 1. The van der Waals surface area contributed by atoms with Crippen molar-refractivity contribution in [3.63, 3.8) is 0 Å². The van der Waals surface area contributed by atoms with Gasteiger partial charge < -0.3 is 5.32 Å². The summed E-state index contributed by atoms with van der Waals surface area (Å²) in [5, 5.41) is 7.41. The molecular weight excluding hydrogens is 410 g/mol. The summed E-state index contributed by atoms with van der Waals surface area (Å²) in [7, 11) is -2.01. The summed E-state index contributed by atoms with van der Waals surface area (Å²) in [4.78, 5) is 16.7. The highest BCUT2D eigenvalue weighted by atomic mass is 32.2. The van der Waals surface area contributed by atoms with Crippen molar-refractivity contribution in [2.75, 3.05) is 16.2 Å². The summed E-state index contributed by atoms with van der Waals surface area (Å²) >= 11 is 1.41. The molecule has 0 saturated heterocycles. The molecule has 0 spiro atoms. The van der Waals surface area contributed by atoms with Gasteiger partial charge in [0.2, 0.25) is 5.91 Å². The van der Waals surface area contributed by atoms with E-state index < -0.39 is 10.0 Å². The molecule has 0 atom stereocenters. The maximum absolute atomic E-state index is 13.1.